The Kier molecular flexibility index (Phi) is 7.30. The van der Waals surface area contributed by atoms with Gasteiger partial charge in [0.25, 0.3) is 0 Å². The Morgan fingerprint density at radius 2 is 1.74 bits per heavy atom. The molecule has 3 aromatic rings. The Hall–Kier alpha value is -2.49. The molecule has 1 N–H and O–H groups in total. The summed E-state index contributed by atoms with van der Waals surface area (Å²) in [5.74, 6) is -0.500. The molecule has 2 atom stereocenters. The molecule has 2 unspecified atom stereocenters. The third-order valence-corrected chi connectivity index (χ3v) is 6.09. The maximum Gasteiger partial charge on any atom is 0.237 e. The zero-order valence-corrected chi connectivity index (χ0v) is 19.0. The van der Waals surface area contributed by atoms with Crippen molar-refractivity contribution in [3.8, 4) is 5.69 Å². The largest absolute Gasteiger partial charge is 0.324 e. The molecule has 1 aromatic heterocycles. The lowest BCUT2D eigenvalue weighted by Crippen LogP contribution is -2.23. The Morgan fingerprint density at radius 3 is 2.35 bits per heavy atom. The van der Waals surface area contributed by atoms with Gasteiger partial charge in [-0.2, -0.15) is 0 Å². The van der Waals surface area contributed by atoms with Crippen molar-refractivity contribution in [1.29, 1.82) is 0 Å². The lowest BCUT2D eigenvalue weighted by Gasteiger charge is -2.21. The van der Waals surface area contributed by atoms with Gasteiger partial charge in [-0.05, 0) is 70.4 Å². The monoisotopic (exact) mass is 465 g/mol. The van der Waals surface area contributed by atoms with Gasteiger partial charge in [0.1, 0.15) is 11.6 Å². The van der Waals surface area contributed by atoms with Gasteiger partial charge in [0.15, 0.2) is 11.0 Å². The number of hydrogen-bond acceptors (Lipinski definition) is 5. The smallest absolute Gasteiger partial charge is 0.237 e. The van der Waals surface area contributed by atoms with E-state index in [-0.39, 0.29) is 22.8 Å². The number of anilines is 1. The number of halogens is 3. The van der Waals surface area contributed by atoms with Crippen LogP contribution < -0.4 is 5.32 Å². The molecule has 0 spiro atoms. The van der Waals surface area contributed by atoms with Crippen LogP contribution in [0.4, 0.5) is 14.5 Å². The van der Waals surface area contributed by atoms with Gasteiger partial charge in [-0.3, -0.25) is 14.3 Å². The van der Waals surface area contributed by atoms with E-state index in [4.69, 9.17) is 11.6 Å². The van der Waals surface area contributed by atoms with E-state index in [9.17, 15) is 13.6 Å². The molecule has 0 aliphatic carbocycles. The summed E-state index contributed by atoms with van der Waals surface area (Å²) in [4.78, 5) is 14.7. The normalized spacial score (nSPS) is 13.3. The third kappa shape index (κ3) is 5.41. The van der Waals surface area contributed by atoms with Crippen LogP contribution in [0.25, 0.3) is 5.69 Å². The molecule has 164 valence electrons. The van der Waals surface area contributed by atoms with Gasteiger partial charge in [-0.1, -0.05) is 23.4 Å². The standard InChI is InChI=1S/C21H22ClF2N5OS/c1-12(28(3)4)19-26-27-21(29(19)16-8-5-14(23)6-9-16)31-13(2)20(30)25-18-10-7-15(24)11-17(18)22/h5-13H,1-4H3,(H,25,30). The summed E-state index contributed by atoms with van der Waals surface area (Å²) < 4.78 is 28.5. The van der Waals surface area contributed by atoms with Crippen LogP contribution in [0.15, 0.2) is 47.6 Å². The maximum absolute atomic E-state index is 13.5. The van der Waals surface area contributed by atoms with E-state index in [0.29, 0.717) is 22.4 Å². The highest BCUT2D eigenvalue weighted by Crippen LogP contribution is 2.30. The molecule has 0 fully saturated rings. The molecule has 6 nitrogen and oxygen atoms in total. The first kappa shape index (κ1) is 23.2. The minimum atomic E-state index is -0.563. The van der Waals surface area contributed by atoms with E-state index in [1.54, 1.807) is 19.1 Å². The van der Waals surface area contributed by atoms with Crippen LogP contribution in [0, 0.1) is 11.6 Å². The first-order valence-corrected chi connectivity index (χ1v) is 10.7. The summed E-state index contributed by atoms with van der Waals surface area (Å²) in [6.07, 6.45) is 0. The third-order valence-electron chi connectivity index (χ3n) is 4.73. The first-order valence-electron chi connectivity index (χ1n) is 9.47. The number of carbonyl (C=O) groups is 1. The predicted molar refractivity (Wildman–Crippen MR) is 119 cm³/mol. The van der Waals surface area contributed by atoms with Crippen molar-refractivity contribution >= 4 is 35.0 Å². The van der Waals surface area contributed by atoms with Crippen LogP contribution >= 0.6 is 23.4 Å². The number of carbonyl (C=O) groups excluding carboxylic acids is 1. The summed E-state index contributed by atoms with van der Waals surface area (Å²) in [6.45, 7) is 3.70. The molecule has 0 saturated carbocycles. The fourth-order valence-electron chi connectivity index (χ4n) is 2.73. The second kappa shape index (κ2) is 9.76. The van der Waals surface area contributed by atoms with Crippen LogP contribution in [0.1, 0.15) is 25.7 Å². The summed E-state index contributed by atoms with van der Waals surface area (Å²) in [5.41, 5.74) is 1.01. The number of nitrogens with one attached hydrogen (secondary N) is 1. The topological polar surface area (TPSA) is 63.1 Å². The second-order valence-electron chi connectivity index (χ2n) is 7.17. The number of thioether (sulfide) groups is 1. The fraction of sp³-hybridized carbons (Fsp3) is 0.286. The zero-order valence-electron chi connectivity index (χ0n) is 17.4. The van der Waals surface area contributed by atoms with Gasteiger partial charge in [0.2, 0.25) is 5.91 Å². The summed E-state index contributed by atoms with van der Waals surface area (Å²) in [7, 11) is 3.84. The molecule has 0 radical (unpaired) electrons. The van der Waals surface area contributed by atoms with Crippen molar-refractivity contribution in [2.24, 2.45) is 0 Å². The average molecular weight is 466 g/mol. The highest BCUT2D eigenvalue weighted by molar-refractivity contribution is 8.00. The predicted octanol–water partition coefficient (Wildman–Crippen LogP) is 4.94. The summed E-state index contributed by atoms with van der Waals surface area (Å²) in [5, 5.41) is 11.3. The van der Waals surface area contributed by atoms with Crippen LogP contribution in [0.2, 0.25) is 5.02 Å². The average Bonchev–Trinajstić information content (AvgIpc) is 3.13. The Morgan fingerprint density at radius 1 is 1.10 bits per heavy atom. The molecule has 0 bridgehead atoms. The molecular formula is C21H22ClF2N5OS. The van der Waals surface area contributed by atoms with Gasteiger partial charge in [-0.25, -0.2) is 8.78 Å². The van der Waals surface area contributed by atoms with Crippen molar-refractivity contribution in [2.45, 2.75) is 30.3 Å². The Labute approximate surface area is 188 Å². The SMILES string of the molecule is CC(Sc1nnc(C(C)N(C)C)n1-c1ccc(F)cc1)C(=O)Nc1ccc(F)cc1Cl. The lowest BCUT2D eigenvalue weighted by molar-refractivity contribution is -0.115. The van der Waals surface area contributed by atoms with Crippen molar-refractivity contribution < 1.29 is 13.6 Å². The Bertz CT molecular complexity index is 1070. The van der Waals surface area contributed by atoms with Gasteiger partial charge < -0.3 is 5.32 Å². The number of amides is 1. The minimum absolute atomic E-state index is 0.0749. The number of benzene rings is 2. The van der Waals surface area contributed by atoms with E-state index >= 15 is 0 Å². The maximum atomic E-state index is 13.5. The van der Waals surface area contributed by atoms with E-state index < -0.39 is 11.1 Å². The molecule has 0 saturated heterocycles. The highest BCUT2D eigenvalue weighted by atomic mass is 35.5. The van der Waals surface area contributed by atoms with Crippen molar-refractivity contribution in [3.63, 3.8) is 0 Å². The van der Waals surface area contributed by atoms with Gasteiger partial charge in [0, 0.05) is 5.69 Å². The molecule has 31 heavy (non-hydrogen) atoms. The molecule has 10 heteroatoms. The van der Waals surface area contributed by atoms with E-state index in [0.717, 1.165) is 6.07 Å². The highest BCUT2D eigenvalue weighted by Gasteiger charge is 2.24. The number of aromatic nitrogens is 3. The zero-order chi connectivity index (χ0) is 22.7. The molecule has 0 aliphatic heterocycles. The number of hydrogen-bond donors (Lipinski definition) is 1. The molecule has 2 aromatic carbocycles. The summed E-state index contributed by atoms with van der Waals surface area (Å²) in [6, 6.07) is 9.68. The molecular weight excluding hydrogens is 444 g/mol. The minimum Gasteiger partial charge on any atom is -0.324 e. The van der Waals surface area contributed by atoms with Crippen LogP contribution in [0.3, 0.4) is 0 Å². The molecule has 3 rings (SSSR count). The molecule has 1 amide bonds. The van der Waals surface area contributed by atoms with Gasteiger partial charge in [-0.15, -0.1) is 10.2 Å². The molecule has 1 heterocycles. The van der Waals surface area contributed by atoms with Crippen LogP contribution in [-0.4, -0.2) is 44.9 Å². The van der Waals surface area contributed by atoms with Crippen molar-refractivity contribution in [2.75, 3.05) is 19.4 Å². The van der Waals surface area contributed by atoms with E-state index in [2.05, 4.69) is 15.5 Å². The van der Waals surface area contributed by atoms with Crippen LogP contribution in [-0.2, 0) is 4.79 Å². The fourth-order valence-corrected chi connectivity index (χ4v) is 3.82. The first-order chi connectivity index (χ1) is 14.7. The van der Waals surface area contributed by atoms with E-state index in [1.165, 1.54) is 36.0 Å². The lowest BCUT2D eigenvalue weighted by atomic mass is 10.2. The van der Waals surface area contributed by atoms with E-state index in [1.807, 2.05) is 30.5 Å². The number of rotatable bonds is 7. The van der Waals surface area contributed by atoms with Gasteiger partial charge in [0.05, 0.1) is 22.0 Å². The summed E-state index contributed by atoms with van der Waals surface area (Å²) >= 11 is 7.20. The quantitative estimate of drug-likeness (QED) is 0.501. The Balaban J connectivity index is 1.87. The van der Waals surface area contributed by atoms with Gasteiger partial charge >= 0.3 is 0 Å². The second-order valence-corrected chi connectivity index (χ2v) is 8.88. The van der Waals surface area contributed by atoms with Crippen molar-refractivity contribution in [1.82, 2.24) is 19.7 Å². The molecule has 0 aliphatic rings. The van der Waals surface area contributed by atoms with Crippen molar-refractivity contribution in [3.05, 3.63) is 64.9 Å². The van der Waals surface area contributed by atoms with Crippen LogP contribution in [0.5, 0.6) is 0 Å². The number of nitrogens with zero attached hydrogens (tertiary/aromatic N) is 4.